The fraction of sp³-hybridized carbons (Fsp3) is 0.538. The van der Waals surface area contributed by atoms with Crippen molar-refractivity contribution < 1.29 is 33.1 Å². The summed E-state index contributed by atoms with van der Waals surface area (Å²) in [6.45, 7) is 7.78. The highest BCUT2D eigenvalue weighted by atomic mass is 16.5. The SMILES string of the molecule is CCC(C)(C)NC(=O)[C@H](c1cccc(OC)c1OC)N(CCOC)C(=O)CCC(=O)Nc1cc(C)on1. The van der Waals surface area contributed by atoms with Gasteiger partial charge in [-0.2, -0.15) is 0 Å². The Labute approximate surface area is 217 Å². The minimum atomic E-state index is -1.06. The van der Waals surface area contributed by atoms with Crippen LogP contribution in [0.1, 0.15) is 57.4 Å². The molecule has 0 radical (unpaired) electrons. The molecule has 0 aliphatic rings. The number of rotatable bonds is 14. The van der Waals surface area contributed by atoms with Crippen molar-refractivity contribution in [3.05, 3.63) is 35.6 Å². The number of carbonyl (C=O) groups is 3. The van der Waals surface area contributed by atoms with Gasteiger partial charge in [0.1, 0.15) is 11.8 Å². The van der Waals surface area contributed by atoms with E-state index in [0.29, 0.717) is 29.2 Å². The van der Waals surface area contributed by atoms with Crippen LogP contribution in [0.5, 0.6) is 11.5 Å². The van der Waals surface area contributed by atoms with Gasteiger partial charge in [0.05, 0.1) is 20.8 Å². The number of hydrogen-bond acceptors (Lipinski definition) is 8. The molecule has 11 heteroatoms. The maximum absolute atomic E-state index is 13.7. The zero-order valence-electron chi connectivity index (χ0n) is 22.7. The Hall–Kier alpha value is -3.60. The lowest BCUT2D eigenvalue weighted by Gasteiger charge is -2.35. The number of anilines is 1. The van der Waals surface area contributed by atoms with E-state index < -0.39 is 23.4 Å². The maximum atomic E-state index is 13.7. The number of hydrogen-bond donors (Lipinski definition) is 2. The number of aryl methyl sites for hydroxylation is 1. The van der Waals surface area contributed by atoms with Crippen LogP contribution in [0.2, 0.25) is 0 Å². The van der Waals surface area contributed by atoms with Crippen molar-refractivity contribution in [1.29, 1.82) is 0 Å². The van der Waals surface area contributed by atoms with E-state index in [-0.39, 0.29) is 37.7 Å². The van der Waals surface area contributed by atoms with E-state index in [9.17, 15) is 14.4 Å². The van der Waals surface area contributed by atoms with Gasteiger partial charge in [0.15, 0.2) is 17.3 Å². The second kappa shape index (κ2) is 13.6. The first-order valence-electron chi connectivity index (χ1n) is 12.1. The molecule has 0 aliphatic heterocycles. The number of nitrogens with zero attached hydrogens (tertiary/aromatic N) is 2. The third-order valence-corrected chi connectivity index (χ3v) is 5.95. The molecule has 3 amide bonds. The first-order chi connectivity index (χ1) is 17.6. The molecule has 1 aromatic heterocycles. The maximum Gasteiger partial charge on any atom is 0.248 e. The Morgan fingerprint density at radius 1 is 1.14 bits per heavy atom. The molecule has 204 valence electrons. The molecule has 1 atom stereocenters. The van der Waals surface area contributed by atoms with Crippen LogP contribution >= 0.6 is 0 Å². The van der Waals surface area contributed by atoms with E-state index >= 15 is 0 Å². The molecule has 2 aromatic rings. The van der Waals surface area contributed by atoms with Crippen LogP contribution in [0, 0.1) is 6.92 Å². The van der Waals surface area contributed by atoms with Crippen LogP contribution in [0.4, 0.5) is 5.82 Å². The van der Waals surface area contributed by atoms with Crippen molar-refractivity contribution in [2.45, 2.75) is 58.5 Å². The summed E-state index contributed by atoms with van der Waals surface area (Å²) in [4.78, 5) is 41.1. The van der Waals surface area contributed by atoms with Crippen LogP contribution in [0.3, 0.4) is 0 Å². The molecule has 37 heavy (non-hydrogen) atoms. The number of benzene rings is 1. The molecule has 1 heterocycles. The van der Waals surface area contributed by atoms with Crippen LogP contribution in [0.25, 0.3) is 0 Å². The van der Waals surface area contributed by atoms with E-state index in [0.717, 1.165) is 0 Å². The molecule has 11 nitrogen and oxygen atoms in total. The van der Waals surface area contributed by atoms with Crippen molar-refractivity contribution >= 4 is 23.5 Å². The zero-order chi connectivity index (χ0) is 27.6. The Balaban J connectivity index is 2.40. The van der Waals surface area contributed by atoms with Crippen molar-refractivity contribution in [2.75, 3.05) is 39.8 Å². The van der Waals surface area contributed by atoms with Crippen molar-refractivity contribution in [3.8, 4) is 11.5 Å². The minimum Gasteiger partial charge on any atom is -0.493 e. The monoisotopic (exact) mass is 518 g/mol. The number of nitrogens with one attached hydrogen (secondary N) is 2. The Morgan fingerprint density at radius 3 is 2.43 bits per heavy atom. The summed E-state index contributed by atoms with van der Waals surface area (Å²) >= 11 is 0. The van der Waals surface area contributed by atoms with Gasteiger partial charge in [-0.15, -0.1) is 0 Å². The van der Waals surface area contributed by atoms with Gasteiger partial charge in [-0.05, 0) is 33.3 Å². The van der Waals surface area contributed by atoms with Crippen LogP contribution in [0.15, 0.2) is 28.8 Å². The zero-order valence-corrected chi connectivity index (χ0v) is 22.7. The summed E-state index contributed by atoms with van der Waals surface area (Å²) in [5, 5.41) is 9.37. The lowest BCUT2D eigenvalue weighted by molar-refractivity contribution is -0.142. The number of para-hydroxylation sites is 1. The fourth-order valence-corrected chi connectivity index (χ4v) is 3.65. The summed E-state index contributed by atoms with van der Waals surface area (Å²) in [5.41, 5.74) is -0.0641. The standard InChI is InChI=1S/C26H38N4O7/c1-8-26(3,4)28-25(33)23(18-10-9-11-19(35-6)24(18)36-7)30(14-15-34-5)22(32)13-12-21(31)27-20-16-17(2)37-29-20/h9-11,16,23H,8,12-15H2,1-7H3,(H,28,33)(H,27,29,31)/t23-/m0/s1. The highest BCUT2D eigenvalue weighted by Gasteiger charge is 2.36. The van der Waals surface area contributed by atoms with Gasteiger partial charge >= 0.3 is 0 Å². The summed E-state index contributed by atoms with van der Waals surface area (Å²) < 4.78 is 21.2. The first kappa shape index (κ1) is 29.6. The van der Waals surface area contributed by atoms with E-state index in [4.69, 9.17) is 18.7 Å². The van der Waals surface area contributed by atoms with Crippen LogP contribution in [-0.4, -0.2) is 67.8 Å². The van der Waals surface area contributed by atoms with Crippen molar-refractivity contribution in [3.63, 3.8) is 0 Å². The van der Waals surface area contributed by atoms with Crippen LogP contribution < -0.4 is 20.1 Å². The predicted molar refractivity (Wildman–Crippen MR) is 137 cm³/mol. The first-order valence-corrected chi connectivity index (χ1v) is 12.1. The number of aromatic nitrogens is 1. The third kappa shape index (κ3) is 8.21. The van der Waals surface area contributed by atoms with Crippen molar-refractivity contribution in [1.82, 2.24) is 15.4 Å². The van der Waals surface area contributed by atoms with Crippen molar-refractivity contribution in [2.24, 2.45) is 0 Å². The molecule has 0 saturated carbocycles. The molecule has 2 rings (SSSR count). The average Bonchev–Trinajstić information content (AvgIpc) is 3.28. The van der Waals surface area contributed by atoms with E-state index in [2.05, 4.69) is 15.8 Å². The number of methoxy groups -OCH3 is 3. The molecule has 2 N–H and O–H groups in total. The molecular weight excluding hydrogens is 480 g/mol. The highest BCUT2D eigenvalue weighted by Crippen LogP contribution is 2.37. The van der Waals surface area contributed by atoms with E-state index in [1.54, 1.807) is 31.2 Å². The topological polar surface area (TPSA) is 132 Å². The van der Waals surface area contributed by atoms with Gasteiger partial charge < -0.3 is 34.3 Å². The highest BCUT2D eigenvalue weighted by molar-refractivity contribution is 5.94. The number of carbonyl (C=O) groups excluding carboxylic acids is 3. The van der Waals surface area contributed by atoms with Gasteiger partial charge in [0.25, 0.3) is 0 Å². The third-order valence-electron chi connectivity index (χ3n) is 5.95. The predicted octanol–water partition coefficient (Wildman–Crippen LogP) is 3.24. The lowest BCUT2D eigenvalue weighted by atomic mass is 9.97. The number of ether oxygens (including phenoxy) is 3. The summed E-state index contributed by atoms with van der Waals surface area (Å²) in [6, 6.07) is 5.69. The number of amides is 3. The molecule has 0 fully saturated rings. The van der Waals surface area contributed by atoms with Gasteiger partial charge in [-0.3, -0.25) is 14.4 Å². The normalized spacial score (nSPS) is 12.0. The molecule has 0 saturated heterocycles. The second-order valence-corrected chi connectivity index (χ2v) is 9.16. The summed E-state index contributed by atoms with van der Waals surface area (Å²) in [5.74, 6) is 0.399. The molecule has 1 aromatic carbocycles. The summed E-state index contributed by atoms with van der Waals surface area (Å²) in [7, 11) is 4.49. The van der Waals surface area contributed by atoms with Gasteiger partial charge in [0, 0.05) is 43.7 Å². The Morgan fingerprint density at radius 2 is 1.86 bits per heavy atom. The smallest absolute Gasteiger partial charge is 0.248 e. The largest absolute Gasteiger partial charge is 0.493 e. The second-order valence-electron chi connectivity index (χ2n) is 9.16. The quantitative estimate of drug-likeness (QED) is 0.390. The van der Waals surface area contributed by atoms with E-state index in [1.165, 1.54) is 26.2 Å². The Bertz CT molecular complexity index is 1070. The van der Waals surface area contributed by atoms with Gasteiger partial charge in [-0.1, -0.05) is 24.2 Å². The Kier molecular flexibility index (Phi) is 10.9. The van der Waals surface area contributed by atoms with Crippen LogP contribution in [-0.2, 0) is 19.1 Å². The minimum absolute atomic E-state index is 0.113. The molecule has 0 bridgehead atoms. The van der Waals surface area contributed by atoms with Gasteiger partial charge in [0.2, 0.25) is 17.7 Å². The summed E-state index contributed by atoms with van der Waals surface area (Å²) in [6.07, 6.45) is 0.423. The van der Waals surface area contributed by atoms with Gasteiger partial charge in [-0.25, -0.2) is 0 Å². The molecule has 0 spiro atoms. The molecular formula is C26H38N4O7. The lowest BCUT2D eigenvalue weighted by Crippen LogP contribution is -2.51. The molecule has 0 unspecified atom stereocenters. The molecule has 0 aliphatic carbocycles. The fourth-order valence-electron chi connectivity index (χ4n) is 3.65. The van der Waals surface area contributed by atoms with E-state index in [1.807, 2.05) is 20.8 Å². The average molecular weight is 519 g/mol.